The van der Waals surface area contributed by atoms with Gasteiger partial charge in [-0.1, -0.05) is 13.8 Å². The van der Waals surface area contributed by atoms with E-state index < -0.39 is 10.5 Å². The second kappa shape index (κ2) is 5.79. The number of nitrogens with zero attached hydrogens (tertiary/aromatic N) is 1. The SMILES string of the molecule is CCC(O)(CC)CNCc1ccc([N+](=O)[O-])o1. The number of nitrogens with one attached hydrogen (secondary N) is 1. The Hall–Kier alpha value is -1.40. The molecule has 0 aliphatic carbocycles. The lowest BCUT2D eigenvalue weighted by molar-refractivity contribution is -0.402. The smallest absolute Gasteiger partial charge is 0.404 e. The molecule has 0 saturated heterocycles. The molecule has 2 N–H and O–H groups in total. The quantitative estimate of drug-likeness (QED) is 0.562. The standard InChI is InChI=1S/C11H18N2O4/c1-3-11(14,4-2)8-12-7-9-5-6-10(17-9)13(15)16/h5-6,12,14H,3-4,7-8H2,1-2H3. The number of hydrogen-bond acceptors (Lipinski definition) is 5. The summed E-state index contributed by atoms with van der Waals surface area (Å²) in [4.78, 5) is 9.82. The van der Waals surface area contributed by atoms with E-state index in [-0.39, 0.29) is 5.88 Å². The van der Waals surface area contributed by atoms with Crippen LogP contribution in [0.5, 0.6) is 0 Å². The molecule has 1 heterocycles. The first-order valence-electron chi connectivity index (χ1n) is 5.67. The highest BCUT2D eigenvalue weighted by atomic mass is 16.6. The van der Waals surface area contributed by atoms with Crippen LogP contribution in [0.25, 0.3) is 0 Å². The second-order valence-corrected chi connectivity index (χ2v) is 4.03. The Morgan fingerprint density at radius 2 is 2.12 bits per heavy atom. The van der Waals surface area contributed by atoms with Crippen LogP contribution in [0.2, 0.25) is 0 Å². The van der Waals surface area contributed by atoms with Gasteiger partial charge in [0.05, 0.1) is 18.2 Å². The van der Waals surface area contributed by atoms with E-state index in [4.69, 9.17) is 4.42 Å². The molecular formula is C11H18N2O4. The van der Waals surface area contributed by atoms with Crippen molar-refractivity contribution < 1.29 is 14.4 Å². The van der Waals surface area contributed by atoms with Gasteiger partial charge in [0.1, 0.15) is 10.7 Å². The van der Waals surface area contributed by atoms with E-state index in [9.17, 15) is 15.2 Å². The molecule has 96 valence electrons. The Morgan fingerprint density at radius 1 is 1.47 bits per heavy atom. The molecule has 1 aromatic heterocycles. The molecule has 0 saturated carbocycles. The third-order valence-electron chi connectivity index (χ3n) is 2.90. The van der Waals surface area contributed by atoms with Crippen molar-refractivity contribution in [2.45, 2.75) is 38.8 Å². The van der Waals surface area contributed by atoms with Crippen molar-refractivity contribution in [1.29, 1.82) is 0 Å². The Morgan fingerprint density at radius 3 is 2.59 bits per heavy atom. The largest absolute Gasteiger partial charge is 0.433 e. The zero-order chi connectivity index (χ0) is 12.9. The summed E-state index contributed by atoms with van der Waals surface area (Å²) in [5.74, 6) is 0.231. The van der Waals surface area contributed by atoms with E-state index in [0.717, 1.165) is 0 Å². The summed E-state index contributed by atoms with van der Waals surface area (Å²) in [7, 11) is 0. The van der Waals surface area contributed by atoms with Gasteiger partial charge in [-0.25, -0.2) is 0 Å². The third kappa shape index (κ3) is 3.83. The number of furan rings is 1. The average Bonchev–Trinajstić information content (AvgIpc) is 2.78. The lowest BCUT2D eigenvalue weighted by atomic mass is 9.98. The molecular weight excluding hydrogens is 224 g/mol. The molecule has 6 heteroatoms. The molecule has 1 aromatic rings. The number of hydrogen-bond donors (Lipinski definition) is 2. The highest BCUT2D eigenvalue weighted by Crippen LogP contribution is 2.16. The highest BCUT2D eigenvalue weighted by molar-refractivity contribution is 5.17. The molecule has 0 fully saturated rings. The normalized spacial score (nSPS) is 11.7. The summed E-state index contributed by atoms with van der Waals surface area (Å²) in [6.45, 7) is 4.65. The molecule has 0 amide bonds. The fraction of sp³-hybridized carbons (Fsp3) is 0.636. The van der Waals surface area contributed by atoms with E-state index in [1.54, 1.807) is 6.07 Å². The lowest BCUT2D eigenvalue weighted by Crippen LogP contribution is -2.39. The molecule has 0 aliphatic heterocycles. The summed E-state index contributed by atoms with van der Waals surface area (Å²) < 4.78 is 4.98. The van der Waals surface area contributed by atoms with Gasteiger partial charge in [0.15, 0.2) is 0 Å². The molecule has 0 aromatic carbocycles. The van der Waals surface area contributed by atoms with Crippen LogP contribution >= 0.6 is 0 Å². The van der Waals surface area contributed by atoms with Crippen LogP contribution in [0.4, 0.5) is 5.88 Å². The van der Waals surface area contributed by atoms with Crippen LogP contribution in [0, 0.1) is 10.1 Å². The minimum atomic E-state index is -0.724. The first-order chi connectivity index (χ1) is 8.00. The van der Waals surface area contributed by atoms with Crippen LogP contribution in [-0.2, 0) is 6.54 Å². The zero-order valence-corrected chi connectivity index (χ0v) is 10.1. The van der Waals surface area contributed by atoms with Gasteiger partial charge in [0.25, 0.3) is 0 Å². The van der Waals surface area contributed by atoms with Crippen molar-refractivity contribution in [2.24, 2.45) is 0 Å². The molecule has 0 bridgehead atoms. The molecule has 0 atom stereocenters. The molecule has 1 rings (SSSR count). The van der Waals surface area contributed by atoms with Crippen molar-refractivity contribution >= 4 is 5.88 Å². The van der Waals surface area contributed by atoms with E-state index in [0.29, 0.717) is 31.7 Å². The summed E-state index contributed by atoms with van der Waals surface area (Å²) in [5.41, 5.74) is -0.724. The number of nitro groups is 1. The third-order valence-corrected chi connectivity index (χ3v) is 2.90. The molecule has 0 spiro atoms. The van der Waals surface area contributed by atoms with Crippen LogP contribution in [0.3, 0.4) is 0 Å². The fourth-order valence-corrected chi connectivity index (χ4v) is 1.48. The average molecular weight is 242 g/mol. The Bertz CT molecular complexity index is 371. The summed E-state index contributed by atoms with van der Waals surface area (Å²) in [6, 6.07) is 2.88. The monoisotopic (exact) mass is 242 g/mol. The van der Waals surface area contributed by atoms with Gasteiger partial charge in [-0.15, -0.1) is 0 Å². The fourth-order valence-electron chi connectivity index (χ4n) is 1.48. The van der Waals surface area contributed by atoms with Crippen LogP contribution < -0.4 is 5.32 Å². The Kier molecular flexibility index (Phi) is 4.65. The van der Waals surface area contributed by atoms with Crippen molar-refractivity contribution in [3.63, 3.8) is 0 Å². The van der Waals surface area contributed by atoms with E-state index >= 15 is 0 Å². The maximum Gasteiger partial charge on any atom is 0.433 e. The van der Waals surface area contributed by atoms with Gasteiger partial charge in [-0.05, 0) is 18.9 Å². The van der Waals surface area contributed by atoms with Gasteiger partial charge in [-0.2, -0.15) is 0 Å². The Balaban J connectivity index is 2.43. The predicted molar refractivity (Wildman–Crippen MR) is 62.6 cm³/mol. The van der Waals surface area contributed by atoms with Gasteiger partial charge < -0.3 is 14.8 Å². The molecule has 0 aliphatic rings. The van der Waals surface area contributed by atoms with Crippen molar-refractivity contribution in [2.75, 3.05) is 6.54 Å². The summed E-state index contributed by atoms with van der Waals surface area (Å²) in [5, 5.41) is 23.4. The first-order valence-corrected chi connectivity index (χ1v) is 5.67. The highest BCUT2D eigenvalue weighted by Gasteiger charge is 2.21. The van der Waals surface area contributed by atoms with E-state index in [1.807, 2.05) is 13.8 Å². The maximum absolute atomic E-state index is 10.4. The number of aliphatic hydroxyl groups is 1. The summed E-state index contributed by atoms with van der Waals surface area (Å²) in [6.07, 6.45) is 1.32. The number of rotatable bonds is 7. The summed E-state index contributed by atoms with van der Waals surface area (Å²) >= 11 is 0. The molecule has 0 unspecified atom stereocenters. The maximum atomic E-state index is 10.4. The molecule has 17 heavy (non-hydrogen) atoms. The van der Waals surface area contributed by atoms with Crippen LogP contribution in [-0.4, -0.2) is 22.2 Å². The second-order valence-electron chi connectivity index (χ2n) is 4.03. The lowest BCUT2D eigenvalue weighted by Gasteiger charge is -2.25. The first kappa shape index (κ1) is 13.7. The van der Waals surface area contributed by atoms with Crippen LogP contribution in [0.15, 0.2) is 16.5 Å². The minimum absolute atomic E-state index is 0.261. The van der Waals surface area contributed by atoms with Gasteiger partial charge >= 0.3 is 5.88 Å². The zero-order valence-electron chi connectivity index (χ0n) is 10.1. The van der Waals surface area contributed by atoms with Crippen LogP contribution in [0.1, 0.15) is 32.4 Å². The Labute approximate surface area is 99.8 Å². The topological polar surface area (TPSA) is 88.5 Å². The molecule has 0 radical (unpaired) electrons. The minimum Gasteiger partial charge on any atom is -0.404 e. The van der Waals surface area contributed by atoms with E-state index in [2.05, 4.69) is 5.32 Å². The van der Waals surface area contributed by atoms with Crippen molar-refractivity contribution in [1.82, 2.24) is 5.32 Å². The molecule has 6 nitrogen and oxygen atoms in total. The van der Waals surface area contributed by atoms with E-state index in [1.165, 1.54) is 6.07 Å². The predicted octanol–water partition coefficient (Wildman–Crippen LogP) is 1.83. The van der Waals surface area contributed by atoms with Crippen molar-refractivity contribution in [3.8, 4) is 0 Å². The van der Waals surface area contributed by atoms with Gasteiger partial charge in [0.2, 0.25) is 0 Å². The van der Waals surface area contributed by atoms with Crippen molar-refractivity contribution in [3.05, 3.63) is 28.0 Å². The van der Waals surface area contributed by atoms with Gasteiger partial charge in [-0.3, -0.25) is 10.1 Å². The van der Waals surface area contributed by atoms with Gasteiger partial charge in [0, 0.05) is 6.54 Å².